The quantitative estimate of drug-likeness (QED) is 0.691. The van der Waals surface area contributed by atoms with Gasteiger partial charge in [-0.25, -0.2) is 0 Å². The number of halogens is 3. The highest BCUT2D eigenvalue weighted by Crippen LogP contribution is 2.20. The fourth-order valence-electron chi connectivity index (χ4n) is 1.36. The van der Waals surface area contributed by atoms with Crippen LogP contribution < -0.4 is 5.73 Å². The molecule has 2 atom stereocenters. The van der Waals surface area contributed by atoms with Gasteiger partial charge in [-0.1, -0.05) is 0 Å². The number of hydrogen-bond donors (Lipinski definition) is 1. The van der Waals surface area contributed by atoms with Crippen LogP contribution in [0.4, 0.5) is 13.2 Å². The van der Waals surface area contributed by atoms with Gasteiger partial charge in [-0.3, -0.25) is 4.79 Å². The summed E-state index contributed by atoms with van der Waals surface area (Å²) in [5.74, 6) is -1.82. The van der Waals surface area contributed by atoms with Gasteiger partial charge in [0.15, 0.2) is 0 Å². The average molecular weight is 226 g/mol. The van der Waals surface area contributed by atoms with Crippen LogP contribution in [0.15, 0.2) is 0 Å². The van der Waals surface area contributed by atoms with Crippen LogP contribution >= 0.6 is 0 Å². The molecule has 2 unspecified atom stereocenters. The van der Waals surface area contributed by atoms with E-state index in [1.807, 2.05) is 0 Å². The van der Waals surface area contributed by atoms with Crippen LogP contribution in [0.25, 0.3) is 0 Å². The summed E-state index contributed by atoms with van der Waals surface area (Å²) in [6, 6.07) is -0.395. The SMILES string of the molecule is CC(N)C1CN(C(=O)C(F)(F)F)CCO1. The number of hydrogen-bond acceptors (Lipinski definition) is 3. The lowest BCUT2D eigenvalue weighted by Gasteiger charge is -2.34. The Hall–Kier alpha value is -0.820. The highest BCUT2D eigenvalue weighted by Gasteiger charge is 2.44. The lowest BCUT2D eigenvalue weighted by Crippen LogP contribution is -2.54. The van der Waals surface area contributed by atoms with Gasteiger partial charge in [-0.2, -0.15) is 13.2 Å². The molecule has 15 heavy (non-hydrogen) atoms. The molecular weight excluding hydrogens is 213 g/mol. The molecule has 0 bridgehead atoms. The van der Waals surface area contributed by atoms with Gasteiger partial charge < -0.3 is 15.4 Å². The van der Waals surface area contributed by atoms with Crippen molar-refractivity contribution < 1.29 is 22.7 Å². The van der Waals surface area contributed by atoms with E-state index in [1.165, 1.54) is 0 Å². The molecular formula is C8H13F3N2O2. The maximum atomic E-state index is 12.1. The van der Waals surface area contributed by atoms with E-state index in [0.717, 1.165) is 4.90 Å². The molecule has 0 spiro atoms. The highest BCUT2D eigenvalue weighted by atomic mass is 19.4. The van der Waals surface area contributed by atoms with Crippen LogP contribution in [0.2, 0.25) is 0 Å². The van der Waals surface area contributed by atoms with E-state index >= 15 is 0 Å². The Morgan fingerprint density at radius 2 is 2.20 bits per heavy atom. The van der Waals surface area contributed by atoms with Crippen molar-refractivity contribution in [2.75, 3.05) is 19.7 Å². The minimum Gasteiger partial charge on any atom is -0.373 e. The first-order valence-electron chi connectivity index (χ1n) is 4.55. The van der Waals surface area contributed by atoms with Gasteiger partial charge in [0.2, 0.25) is 0 Å². The molecule has 0 aliphatic carbocycles. The number of carbonyl (C=O) groups is 1. The minimum absolute atomic E-state index is 0.0401. The highest BCUT2D eigenvalue weighted by molar-refractivity contribution is 5.81. The van der Waals surface area contributed by atoms with E-state index in [4.69, 9.17) is 10.5 Å². The predicted octanol–water partition coefficient (Wildman–Crippen LogP) is 0.123. The summed E-state index contributed by atoms with van der Waals surface area (Å²) in [7, 11) is 0. The van der Waals surface area contributed by atoms with E-state index in [0.29, 0.717) is 0 Å². The van der Waals surface area contributed by atoms with Crippen LogP contribution in [-0.4, -0.2) is 48.8 Å². The van der Waals surface area contributed by atoms with Crippen molar-refractivity contribution >= 4 is 5.91 Å². The zero-order valence-corrected chi connectivity index (χ0v) is 8.25. The number of carbonyl (C=O) groups excluding carboxylic acids is 1. The van der Waals surface area contributed by atoms with Crippen LogP contribution in [-0.2, 0) is 9.53 Å². The smallest absolute Gasteiger partial charge is 0.373 e. The summed E-state index contributed by atoms with van der Waals surface area (Å²) in [6.07, 6.45) is -5.34. The second-order valence-electron chi connectivity index (χ2n) is 3.52. The third-order valence-corrected chi connectivity index (χ3v) is 2.21. The van der Waals surface area contributed by atoms with Crippen molar-refractivity contribution in [3.8, 4) is 0 Å². The summed E-state index contributed by atoms with van der Waals surface area (Å²) in [5, 5.41) is 0. The zero-order chi connectivity index (χ0) is 11.6. The van der Waals surface area contributed by atoms with Crippen LogP contribution in [0.5, 0.6) is 0 Å². The van der Waals surface area contributed by atoms with Gasteiger partial charge in [0.1, 0.15) is 0 Å². The second kappa shape index (κ2) is 4.36. The number of morpholine rings is 1. The summed E-state index contributed by atoms with van der Waals surface area (Å²) < 4.78 is 41.4. The monoisotopic (exact) mass is 226 g/mol. The van der Waals surface area contributed by atoms with E-state index in [-0.39, 0.29) is 19.7 Å². The third-order valence-electron chi connectivity index (χ3n) is 2.21. The Morgan fingerprint density at radius 3 is 2.67 bits per heavy atom. The van der Waals surface area contributed by atoms with E-state index in [1.54, 1.807) is 6.92 Å². The molecule has 1 aliphatic heterocycles. The molecule has 0 saturated carbocycles. The fraction of sp³-hybridized carbons (Fsp3) is 0.875. The molecule has 1 aliphatic rings. The van der Waals surface area contributed by atoms with Crippen LogP contribution in [0.3, 0.4) is 0 Å². The first kappa shape index (κ1) is 12.3. The molecule has 1 rings (SSSR count). The summed E-state index contributed by atoms with van der Waals surface area (Å²) in [5.41, 5.74) is 5.49. The molecule has 0 aromatic rings. The maximum Gasteiger partial charge on any atom is 0.471 e. The molecule has 1 heterocycles. The van der Waals surface area contributed by atoms with Crippen molar-refractivity contribution in [1.29, 1.82) is 0 Å². The normalized spacial score (nSPS) is 25.1. The topological polar surface area (TPSA) is 55.6 Å². The number of alkyl halides is 3. The van der Waals surface area contributed by atoms with Gasteiger partial charge in [0, 0.05) is 19.1 Å². The molecule has 1 saturated heterocycles. The minimum atomic E-state index is -4.82. The molecule has 4 nitrogen and oxygen atoms in total. The van der Waals surface area contributed by atoms with Gasteiger partial charge in [0.25, 0.3) is 0 Å². The molecule has 88 valence electrons. The molecule has 1 fully saturated rings. The van der Waals surface area contributed by atoms with Crippen molar-refractivity contribution in [3.05, 3.63) is 0 Å². The van der Waals surface area contributed by atoms with Crippen molar-refractivity contribution in [1.82, 2.24) is 4.90 Å². The predicted molar refractivity (Wildman–Crippen MR) is 46.0 cm³/mol. The Labute approximate surface area is 85.2 Å². The van der Waals surface area contributed by atoms with E-state index in [2.05, 4.69) is 0 Å². The molecule has 7 heteroatoms. The van der Waals surface area contributed by atoms with Crippen molar-refractivity contribution in [2.45, 2.75) is 25.2 Å². The number of nitrogens with two attached hydrogens (primary N) is 1. The van der Waals surface area contributed by atoms with E-state index in [9.17, 15) is 18.0 Å². The lowest BCUT2D eigenvalue weighted by atomic mass is 10.1. The fourth-order valence-corrected chi connectivity index (χ4v) is 1.36. The molecule has 2 N–H and O–H groups in total. The maximum absolute atomic E-state index is 12.1. The van der Waals surface area contributed by atoms with E-state index < -0.39 is 24.2 Å². The standard InChI is InChI=1S/C8H13F3N2O2/c1-5(12)6-4-13(2-3-15-6)7(14)8(9,10)11/h5-6H,2-4,12H2,1H3. The zero-order valence-electron chi connectivity index (χ0n) is 8.25. The molecule has 0 aromatic carbocycles. The number of nitrogens with zero attached hydrogens (tertiary/aromatic N) is 1. The number of amides is 1. The lowest BCUT2D eigenvalue weighted by molar-refractivity contribution is -0.191. The number of rotatable bonds is 1. The summed E-state index contributed by atoms with van der Waals surface area (Å²) in [6.45, 7) is 1.58. The van der Waals surface area contributed by atoms with Crippen molar-refractivity contribution in [3.63, 3.8) is 0 Å². The Morgan fingerprint density at radius 1 is 1.60 bits per heavy atom. The second-order valence-corrected chi connectivity index (χ2v) is 3.52. The van der Waals surface area contributed by atoms with Gasteiger partial charge in [0.05, 0.1) is 12.7 Å². The largest absolute Gasteiger partial charge is 0.471 e. The van der Waals surface area contributed by atoms with Gasteiger partial charge in [-0.15, -0.1) is 0 Å². The number of ether oxygens (including phenoxy) is 1. The van der Waals surface area contributed by atoms with Crippen LogP contribution in [0.1, 0.15) is 6.92 Å². The Kier molecular flexibility index (Phi) is 3.56. The first-order valence-corrected chi connectivity index (χ1v) is 4.55. The average Bonchev–Trinajstić information content (AvgIpc) is 2.15. The van der Waals surface area contributed by atoms with Gasteiger partial charge in [-0.05, 0) is 6.92 Å². The van der Waals surface area contributed by atoms with Crippen molar-refractivity contribution in [2.24, 2.45) is 5.73 Å². The van der Waals surface area contributed by atoms with Crippen LogP contribution in [0, 0.1) is 0 Å². The summed E-state index contributed by atoms with van der Waals surface area (Å²) >= 11 is 0. The first-order chi connectivity index (χ1) is 6.82. The molecule has 0 radical (unpaired) electrons. The molecule has 0 aromatic heterocycles. The molecule has 1 amide bonds. The Balaban J connectivity index is 2.60. The summed E-state index contributed by atoms with van der Waals surface area (Å²) in [4.78, 5) is 11.6. The Bertz CT molecular complexity index is 243. The van der Waals surface area contributed by atoms with Gasteiger partial charge >= 0.3 is 12.1 Å². The third kappa shape index (κ3) is 3.07.